The first kappa shape index (κ1) is 12.8. The highest BCUT2D eigenvalue weighted by molar-refractivity contribution is 6.23. The van der Waals surface area contributed by atoms with Crippen LogP contribution in [0.15, 0.2) is 36.4 Å². The van der Waals surface area contributed by atoms with Gasteiger partial charge in [-0.25, -0.2) is 4.90 Å². The van der Waals surface area contributed by atoms with E-state index in [9.17, 15) is 9.59 Å². The van der Waals surface area contributed by atoms with Crippen LogP contribution in [0.3, 0.4) is 0 Å². The van der Waals surface area contributed by atoms with Crippen LogP contribution in [0.2, 0.25) is 0 Å². The number of fused-ring (bicyclic) bond motifs is 5. The second-order valence-electron chi connectivity index (χ2n) is 6.61. The summed E-state index contributed by atoms with van der Waals surface area (Å²) in [6.45, 7) is 5.76. The van der Waals surface area contributed by atoms with Gasteiger partial charge >= 0.3 is 0 Å². The number of benzene rings is 1. The van der Waals surface area contributed by atoms with Crippen LogP contribution in [0.25, 0.3) is 0 Å². The molecule has 4 rings (SSSR count). The van der Waals surface area contributed by atoms with Crippen molar-refractivity contribution in [2.45, 2.75) is 32.0 Å². The van der Waals surface area contributed by atoms with Gasteiger partial charge in [0.2, 0.25) is 11.8 Å². The number of carbonyl (C=O) groups is 2. The molecule has 108 valence electrons. The summed E-state index contributed by atoms with van der Waals surface area (Å²) in [7, 11) is 0. The quantitative estimate of drug-likeness (QED) is 0.586. The third-order valence-electron chi connectivity index (χ3n) is 5.02. The monoisotopic (exact) mass is 283 g/mol. The van der Waals surface area contributed by atoms with Gasteiger partial charge in [-0.15, -0.1) is 0 Å². The molecule has 21 heavy (non-hydrogen) atoms. The molecular weight excluding hydrogens is 266 g/mol. The molecule has 3 aliphatic heterocycles. The van der Waals surface area contributed by atoms with Crippen LogP contribution >= 0.6 is 0 Å². The molecule has 0 aliphatic carbocycles. The van der Waals surface area contributed by atoms with Gasteiger partial charge < -0.3 is 4.74 Å². The molecular formula is C17H17NO3. The Kier molecular flexibility index (Phi) is 2.21. The van der Waals surface area contributed by atoms with E-state index >= 15 is 0 Å². The van der Waals surface area contributed by atoms with Crippen LogP contribution in [0.4, 0.5) is 5.69 Å². The van der Waals surface area contributed by atoms with Gasteiger partial charge in [-0.05, 0) is 32.9 Å². The van der Waals surface area contributed by atoms with Crippen molar-refractivity contribution in [3.05, 3.63) is 42.0 Å². The van der Waals surface area contributed by atoms with Gasteiger partial charge in [0.15, 0.2) is 0 Å². The van der Waals surface area contributed by atoms with Gasteiger partial charge in [0, 0.05) is 0 Å². The van der Waals surface area contributed by atoms with E-state index in [1.807, 2.05) is 57.2 Å². The number of hydrogen-bond donors (Lipinski definition) is 0. The van der Waals surface area contributed by atoms with Gasteiger partial charge in [0.1, 0.15) is 0 Å². The minimum atomic E-state index is -0.661. The summed E-state index contributed by atoms with van der Waals surface area (Å²) in [6.07, 6.45) is 3.86. The molecule has 3 aliphatic rings. The zero-order valence-electron chi connectivity index (χ0n) is 12.3. The Morgan fingerprint density at radius 3 is 1.90 bits per heavy atom. The van der Waals surface area contributed by atoms with Crippen molar-refractivity contribution in [1.29, 1.82) is 0 Å². The Balaban J connectivity index is 1.80. The lowest BCUT2D eigenvalue weighted by molar-refractivity contribution is -0.128. The molecule has 3 heterocycles. The highest BCUT2D eigenvalue weighted by Gasteiger charge is 2.70. The van der Waals surface area contributed by atoms with Gasteiger partial charge in [0.25, 0.3) is 0 Å². The Labute approximate surface area is 123 Å². The number of aryl methyl sites for hydroxylation is 1. The fraction of sp³-hybridized carbons (Fsp3) is 0.412. The molecule has 0 aromatic heterocycles. The lowest BCUT2D eigenvalue weighted by Gasteiger charge is -2.25. The third kappa shape index (κ3) is 1.43. The summed E-state index contributed by atoms with van der Waals surface area (Å²) in [5.74, 6) is -1.13. The van der Waals surface area contributed by atoms with Crippen molar-refractivity contribution in [3.8, 4) is 0 Å². The van der Waals surface area contributed by atoms with Crippen LogP contribution in [0.5, 0.6) is 0 Å². The van der Waals surface area contributed by atoms with E-state index in [0.29, 0.717) is 5.69 Å². The fourth-order valence-corrected chi connectivity index (χ4v) is 3.98. The number of anilines is 1. The molecule has 0 unspecified atom stereocenters. The third-order valence-corrected chi connectivity index (χ3v) is 5.02. The molecule has 1 aromatic rings. The molecule has 4 atom stereocenters. The topological polar surface area (TPSA) is 46.6 Å². The van der Waals surface area contributed by atoms with E-state index in [-0.39, 0.29) is 11.8 Å². The second-order valence-corrected chi connectivity index (χ2v) is 6.61. The number of amides is 2. The molecule has 4 nitrogen and oxygen atoms in total. The largest absolute Gasteiger partial charge is 0.359 e. The maximum Gasteiger partial charge on any atom is 0.241 e. The Bertz CT molecular complexity index is 656. The Morgan fingerprint density at radius 1 is 0.952 bits per heavy atom. The highest BCUT2D eigenvalue weighted by Crippen LogP contribution is 2.57. The van der Waals surface area contributed by atoms with E-state index < -0.39 is 23.0 Å². The molecule has 0 N–H and O–H groups in total. The van der Waals surface area contributed by atoms with Crippen molar-refractivity contribution >= 4 is 17.5 Å². The maximum absolute atomic E-state index is 12.8. The van der Waals surface area contributed by atoms with Crippen molar-refractivity contribution in [2.24, 2.45) is 11.8 Å². The average Bonchev–Trinajstić information content (AvgIpc) is 2.97. The molecule has 4 heteroatoms. The summed E-state index contributed by atoms with van der Waals surface area (Å²) in [6, 6.07) is 7.48. The molecule has 2 bridgehead atoms. The molecule has 2 fully saturated rings. The number of nitrogens with zero attached hydrogens (tertiary/aromatic N) is 1. The smallest absolute Gasteiger partial charge is 0.241 e. The minimum Gasteiger partial charge on any atom is -0.359 e. The van der Waals surface area contributed by atoms with E-state index in [4.69, 9.17) is 4.74 Å². The van der Waals surface area contributed by atoms with Gasteiger partial charge in [-0.2, -0.15) is 0 Å². The second kappa shape index (κ2) is 3.63. The van der Waals surface area contributed by atoms with Crippen molar-refractivity contribution in [1.82, 2.24) is 0 Å². The highest BCUT2D eigenvalue weighted by atomic mass is 16.5. The van der Waals surface area contributed by atoms with E-state index in [2.05, 4.69) is 0 Å². The van der Waals surface area contributed by atoms with Gasteiger partial charge in [-0.3, -0.25) is 9.59 Å². The van der Waals surface area contributed by atoms with Crippen molar-refractivity contribution in [2.75, 3.05) is 4.90 Å². The van der Waals surface area contributed by atoms with Crippen molar-refractivity contribution < 1.29 is 14.3 Å². The van der Waals surface area contributed by atoms with E-state index in [0.717, 1.165) is 5.56 Å². The van der Waals surface area contributed by atoms with Crippen molar-refractivity contribution in [3.63, 3.8) is 0 Å². The zero-order chi connectivity index (χ0) is 15.0. The Morgan fingerprint density at radius 2 is 1.43 bits per heavy atom. The van der Waals surface area contributed by atoms with Crippen LogP contribution in [-0.2, 0) is 14.3 Å². The predicted octanol–water partition coefficient (Wildman–Crippen LogP) is 2.22. The summed E-state index contributed by atoms with van der Waals surface area (Å²) in [5, 5.41) is 0. The first-order valence-electron chi connectivity index (χ1n) is 7.21. The van der Waals surface area contributed by atoms with Gasteiger partial charge in [0.05, 0.1) is 28.7 Å². The molecule has 0 spiro atoms. The zero-order valence-corrected chi connectivity index (χ0v) is 12.3. The maximum atomic E-state index is 12.8. The number of carbonyl (C=O) groups excluding carboxylic acids is 2. The Hall–Kier alpha value is -1.94. The van der Waals surface area contributed by atoms with Crippen LogP contribution in [0, 0.1) is 18.8 Å². The molecule has 1 aromatic carbocycles. The summed E-state index contributed by atoms with van der Waals surface area (Å²) >= 11 is 0. The predicted molar refractivity (Wildman–Crippen MR) is 77.7 cm³/mol. The fourth-order valence-electron chi connectivity index (χ4n) is 3.98. The number of rotatable bonds is 1. The number of hydrogen-bond acceptors (Lipinski definition) is 3. The summed E-state index contributed by atoms with van der Waals surface area (Å²) in [4.78, 5) is 27.0. The SMILES string of the molecule is Cc1ccc(N2C(=O)[C@H]3[C@H](C2=O)[C@]2(C)C=C[C@]3(C)O2)cc1. The van der Waals surface area contributed by atoms with Crippen LogP contribution < -0.4 is 4.90 Å². The molecule has 0 radical (unpaired) electrons. The van der Waals surface area contributed by atoms with Crippen LogP contribution in [0.1, 0.15) is 19.4 Å². The number of imide groups is 1. The van der Waals surface area contributed by atoms with E-state index in [1.165, 1.54) is 4.90 Å². The van der Waals surface area contributed by atoms with E-state index in [1.54, 1.807) is 0 Å². The first-order chi connectivity index (χ1) is 9.86. The van der Waals surface area contributed by atoms with Gasteiger partial charge in [-0.1, -0.05) is 29.8 Å². The normalized spacial score (nSPS) is 40.2. The summed E-state index contributed by atoms with van der Waals surface area (Å²) < 4.78 is 5.98. The standard InChI is InChI=1S/C17H17NO3/c1-10-4-6-11(7-5-10)18-14(19)12-13(15(18)20)17(3)9-8-16(12,2)21-17/h4-9,12-13H,1-3H3/t12-,13-,16+,17+/m1/s1. The molecule has 2 amide bonds. The lowest BCUT2D eigenvalue weighted by atomic mass is 9.73. The number of ether oxygens (including phenoxy) is 1. The molecule has 0 saturated carbocycles. The summed E-state index contributed by atoms with van der Waals surface area (Å²) in [5.41, 5.74) is 0.427. The minimum absolute atomic E-state index is 0.149. The molecule has 2 saturated heterocycles. The van der Waals surface area contributed by atoms with Crippen LogP contribution in [-0.4, -0.2) is 23.0 Å². The lowest BCUT2D eigenvalue weighted by Crippen LogP contribution is -2.39. The average molecular weight is 283 g/mol. The first-order valence-corrected chi connectivity index (χ1v) is 7.21.